The molecule has 0 saturated carbocycles. The maximum Gasteiger partial charge on any atom is 0.254 e. The van der Waals surface area contributed by atoms with Crippen molar-refractivity contribution in [3.8, 4) is 0 Å². The van der Waals surface area contributed by atoms with Crippen molar-refractivity contribution in [1.82, 2.24) is 4.98 Å². The van der Waals surface area contributed by atoms with Crippen LogP contribution in [0.15, 0.2) is 40.3 Å². The van der Waals surface area contributed by atoms with Gasteiger partial charge in [-0.25, -0.2) is 0 Å². The molecule has 1 heterocycles. The van der Waals surface area contributed by atoms with Gasteiger partial charge < -0.3 is 5.73 Å². The number of amides is 1. The lowest BCUT2D eigenvalue weighted by Gasteiger charge is -2.05. The molecular weight excluding hydrogens is 276 g/mol. The van der Waals surface area contributed by atoms with Crippen molar-refractivity contribution in [2.45, 2.75) is 11.8 Å². The molecule has 0 saturated heterocycles. The molecule has 0 bridgehead atoms. The molecule has 5 heteroatoms. The third-order valence-electron chi connectivity index (χ3n) is 2.58. The molecule has 0 atom stereocenters. The zero-order valence-corrected chi connectivity index (χ0v) is 12.2. The molecule has 0 aliphatic carbocycles. The highest BCUT2D eigenvalue weighted by Gasteiger charge is 2.04. The van der Waals surface area contributed by atoms with E-state index in [4.69, 9.17) is 5.73 Å². The Morgan fingerprint density at radius 2 is 2.26 bits per heavy atom. The highest BCUT2D eigenvalue weighted by atomic mass is 32.2. The molecule has 0 fully saturated rings. The first-order valence-corrected chi connectivity index (χ1v) is 7.27. The molecule has 1 amide bonds. The first-order valence-electron chi connectivity index (χ1n) is 5.84. The summed E-state index contributed by atoms with van der Waals surface area (Å²) in [7, 11) is 0. The molecule has 3 nitrogen and oxygen atoms in total. The number of carbonyl (C=O) groups excluding carboxylic acids is 1. The second-order valence-electron chi connectivity index (χ2n) is 3.91. The van der Waals surface area contributed by atoms with Gasteiger partial charge in [-0.1, -0.05) is 13.0 Å². The van der Waals surface area contributed by atoms with Crippen molar-refractivity contribution in [3.63, 3.8) is 0 Å². The van der Waals surface area contributed by atoms with Crippen LogP contribution in [0, 0.1) is 0 Å². The maximum atomic E-state index is 11.0. The Kier molecular flexibility index (Phi) is 4.50. The lowest BCUT2D eigenvalue weighted by atomic mass is 10.1. The van der Waals surface area contributed by atoms with Gasteiger partial charge in [-0.2, -0.15) is 0 Å². The van der Waals surface area contributed by atoms with Gasteiger partial charge in [0.1, 0.15) is 0 Å². The van der Waals surface area contributed by atoms with E-state index < -0.39 is 5.91 Å². The zero-order valence-electron chi connectivity index (χ0n) is 10.5. The summed E-state index contributed by atoms with van der Waals surface area (Å²) in [6.45, 7) is 2.11. The van der Waals surface area contributed by atoms with Gasteiger partial charge in [0.25, 0.3) is 5.91 Å². The average Bonchev–Trinajstić information content (AvgIpc) is 2.39. The fourth-order valence-corrected chi connectivity index (χ4v) is 2.67. The van der Waals surface area contributed by atoms with E-state index in [2.05, 4.69) is 24.5 Å². The molecule has 2 N–H and O–H groups in total. The van der Waals surface area contributed by atoms with E-state index in [0.717, 1.165) is 22.2 Å². The largest absolute Gasteiger partial charge is 0.365 e. The van der Waals surface area contributed by atoms with Crippen LogP contribution in [0.3, 0.4) is 0 Å². The molecule has 0 aliphatic rings. The lowest BCUT2D eigenvalue weighted by Crippen LogP contribution is -2.09. The number of nitrogens with zero attached hydrogens (tertiary/aromatic N) is 1. The molecule has 98 valence electrons. The highest BCUT2D eigenvalue weighted by molar-refractivity contribution is 7.99. The Morgan fingerprint density at radius 1 is 1.47 bits per heavy atom. The van der Waals surface area contributed by atoms with E-state index in [1.807, 2.05) is 30.5 Å². The average molecular weight is 290 g/mol. The first-order chi connectivity index (χ1) is 9.11. The molecule has 0 unspecified atom stereocenters. The number of pyridine rings is 1. The number of primary amides is 1. The van der Waals surface area contributed by atoms with Crippen LogP contribution in [-0.2, 0) is 4.79 Å². The minimum atomic E-state index is -0.530. The van der Waals surface area contributed by atoms with Gasteiger partial charge >= 0.3 is 0 Å². The summed E-state index contributed by atoms with van der Waals surface area (Å²) in [4.78, 5) is 16.8. The minimum absolute atomic E-state index is 0.243. The minimum Gasteiger partial charge on any atom is -0.365 e. The Morgan fingerprint density at radius 3 is 2.95 bits per heavy atom. The van der Waals surface area contributed by atoms with E-state index in [-0.39, 0.29) is 4.91 Å². The fourth-order valence-electron chi connectivity index (χ4n) is 1.74. The smallest absolute Gasteiger partial charge is 0.254 e. The Balaban J connectivity index is 2.52. The molecule has 1 aromatic carbocycles. The van der Waals surface area contributed by atoms with E-state index in [9.17, 15) is 4.79 Å². The summed E-state index contributed by atoms with van der Waals surface area (Å²) >= 11 is 5.83. The number of thiol groups is 1. The molecule has 0 spiro atoms. The quantitative estimate of drug-likeness (QED) is 0.517. The molecule has 0 aliphatic heterocycles. The van der Waals surface area contributed by atoms with Crippen molar-refractivity contribution in [2.24, 2.45) is 5.73 Å². The molecule has 19 heavy (non-hydrogen) atoms. The third kappa shape index (κ3) is 3.30. The molecule has 1 aromatic heterocycles. The predicted octanol–water partition coefficient (Wildman–Crippen LogP) is 3.10. The lowest BCUT2D eigenvalue weighted by molar-refractivity contribution is -0.113. The highest BCUT2D eigenvalue weighted by Crippen LogP contribution is 2.27. The zero-order chi connectivity index (χ0) is 13.8. The molecular formula is C14H14N2OS2. The van der Waals surface area contributed by atoms with Crippen LogP contribution in [0.5, 0.6) is 0 Å². The number of rotatable bonds is 4. The number of aromatic nitrogens is 1. The SMILES string of the molecule is CCSc1ccnc2ccc(/C=C(\S)C(N)=O)cc12. The van der Waals surface area contributed by atoms with Gasteiger partial charge in [0.15, 0.2) is 0 Å². The Labute approximate surface area is 121 Å². The van der Waals surface area contributed by atoms with Crippen LogP contribution in [0.4, 0.5) is 0 Å². The van der Waals surface area contributed by atoms with Crippen molar-refractivity contribution >= 4 is 47.3 Å². The summed E-state index contributed by atoms with van der Waals surface area (Å²) in [5.74, 6) is 0.468. The number of hydrogen-bond acceptors (Lipinski definition) is 4. The number of hydrogen-bond donors (Lipinski definition) is 2. The van der Waals surface area contributed by atoms with E-state index in [1.165, 1.54) is 4.90 Å². The summed E-state index contributed by atoms with van der Waals surface area (Å²) in [5, 5.41) is 1.08. The van der Waals surface area contributed by atoms with Crippen molar-refractivity contribution in [3.05, 3.63) is 40.9 Å². The van der Waals surface area contributed by atoms with Crippen molar-refractivity contribution in [1.29, 1.82) is 0 Å². The van der Waals surface area contributed by atoms with Gasteiger partial charge in [0, 0.05) is 16.5 Å². The number of benzene rings is 1. The van der Waals surface area contributed by atoms with Crippen molar-refractivity contribution in [2.75, 3.05) is 5.75 Å². The Bertz CT molecular complexity index is 653. The van der Waals surface area contributed by atoms with Gasteiger partial charge in [0.05, 0.1) is 10.4 Å². The van der Waals surface area contributed by atoms with Gasteiger partial charge in [-0.3, -0.25) is 9.78 Å². The van der Waals surface area contributed by atoms with Gasteiger partial charge in [-0.15, -0.1) is 24.4 Å². The molecule has 2 aromatic rings. The second-order valence-corrected chi connectivity index (χ2v) is 5.70. The van der Waals surface area contributed by atoms with Crippen LogP contribution in [-0.4, -0.2) is 16.6 Å². The van der Waals surface area contributed by atoms with Crippen LogP contribution in [0.2, 0.25) is 0 Å². The second kappa shape index (κ2) is 6.12. The van der Waals surface area contributed by atoms with E-state index >= 15 is 0 Å². The van der Waals surface area contributed by atoms with Crippen molar-refractivity contribution < 1.29 is 4.79 Å². The monoisotopic (exact) mass is 290 g/mol. The van der Waals surface area contributed by atoms with Crippen LogP contribution >= 0.6 is 24.4 Å². The number of fused-ring (bicyclic) bond motifs is 1. The third-order valence-corrected chi connectivity index (χ3v) is 3.89. The van der Waals surface area contributed by atoms with E-state index in [0.29, 0.717) is 0 Å². The first kappa shape index (κ1) is 14.0. The number of carbonyl (C=O) groups is 1. The summed E-state index contributed by atoms with van der Waals surface area (Å²) in [5.41, 5.74) is 7.01. The standard InChI is InChI=1S/C14H14N2OS2/c1-2-19-13-5-6-16-11-4-3-9(7-10(11)13)8-12(18)14(15)17/h3-8,18H,2H2,1H3,(H2,15,17)/b12-8-. The number of nitrogens with two attached hydrogens (primary N) is 1. The summed E-state index contributed by atoms with van der Waals surface area (Å²) in [6, 6.07) is 7.83. The molecule has 0 radical (unpaired) electrons. The predicted molar refractivity (Wildman–Crippen MR) is 84.3 cm³/mol. The summed E-state index contributed by atoms with van der Waals surface area (Å²) < 4.78 is 0. The van der Waals surface area contributed by atoms with Gasteiger partial charge in [0.2, 0.25) is 0 Å². The normalized spacial score (nSPS) is 11.8. The summed E-state index contributed by atoms with van der Waals surface area (Å²) in [6.07, 6.45) is 3.47. The topological polar surface area (TPSA) is 56.0 Å². The Hall–Kier alpha value is -1.46. The van der Waals surface area contributed by atoms with Crippen LogP contribution in [0.1, 0.15) is 12.5 Å². The maximum absolute atomic E-state index is 11.0. The van der Waals surface area contributed by atoms with Crippen LogP contribution < -0.4 is 5.73 Å². The van der Waals surface area contributed by atoms with E-state index in [1.54, 1.807) is 17.8 Å². The van der Waals surface area contributed by atoms with Crippen LogP contribution in [0.25, 0.3) is 17.0 Å². The number of thioether (sulfide) groups is 1. The molecule has 2 rings (SSSR count). The fraction of sp³-hybridized carbons (Fsp3) is 0.143. The van der Waals surface area contributed by atoms with Gasteiger partial charge in [-0.05, 0) is 35.6 Å².